The van der Waals surface area contributed by atoms with Crippen molar-refractivity contribution >= 4 is 0 Å². The monoisotopic (exact) mass is 684 g/mol. The van der Waals surface area contributed by atoms with Crippen molar-refractivity contribution in [2.24, 2.45) is 0 Å². The van der Waals surface area contributed by atoms with Crippen molar-refractivity contribution in [3.8, 4) is 23.0 Å². The van der Waals surface area contributed by atoms with Crippen LogP contribution in [0.5, 0.6) is 23.0 Å². The van der Waals surface area contributed by atoms with Gasteiger partial charge in [0, 0.05) is 25.7 Å². The van der Waals surface area contributed by atoms with Crippen LogP contribution in [-0.4, -0.2) is 73.3 Å². The molecule has 3 aliphatic rings. The molecular formula is C40H44O10. The topological polar surface area (TPSA) is 136 Å². The number of hydrogen-bond acceptors (Lipinski definition) is 10. The molecule has 0 atom stereocenters. The Morgan fingerprint density at radius 2 is 0.520 bits per heavy atom. The maximum atomic E-state index is 10.5. The Morgan fingerprint density at radius 3 is 0.700 bits per heavy atom. The van der Waals surface area contributed by atoms with E-state index in [4.69, 9.17) is 28.4 Å². The maximum Gasteiger partial charge on any atom is 0.126 e. The quantitative estimate of drug-likeness (QED) is 0.221. The highest BCUT2D eigenvalue weighted by molar-refractivity contribution is 5.58. The Kier molecular flexibility index (Phi) is 10.8. The van der Waals surface area contributed by atoms with E-state index in [1.54, 1.807) is 0 Å². The van der Waals surface area contributed by atoms with E-state index in [2.05, 4.69) is 0 Å². The summed E-state index contributed by atoms with van der Waals surface area (Å²) in [4.78, 5) is 0. The standard InChI is InChI=1S/C40H44O10/c41-21-25-9-29-17-30-10-26(22-42)15-35-20-36-16-28(24-44)12-32-18-31-11-27(23-43)14-34(39(31)49-7-3-46-4-8-50-40(32)36)19-33(13-25)37(29)47-5-1-45-2-6-48-38(30)35/h9-16,41-44H,1-8,17-24H2. The van der Waals surface area contributed by atoms with Gasteiger partial charge in [0.2, 0.25) is 0 Å². The molecule has 0 spiro atoms. The minimum Gasteiger partial charge on any atom is -0.491 e. The molecule has 0 aromatic heterocycles. The van der Waals surface area contributed by atoms with Crippen LogP contribution >= 0.6 is 0 Å². The molecule has 0 amide bonds. The summed E-state index contributed by atoms with van der Waals surface area (Å²) in [7, 11) is 0. The summed E-state index contributed by atoms with van der Waals surface area (Å²) in [5, 5.41) is 41.8. The third-order valence-electron chi connectivity index (χ3n) is 9.36. The summed E-state index contributed by atoms with van der Waals surface area (Å²) < 4.78 is 37.9. The minimum absolute atomic E-state index is 0.165. The molecule has 4 N–H and O–H groups in total. The lowest BCUT2D eigenvalue weighted by Crippen LogP contribution is -2.18. The van der Waals surface area contributed by atoms with Crippen LogP contribution in [0.4, 0.5) is 0 Å². The van der Waals surface area contributed by atoms with Crippen LogP contribution in [0.3, 0.4) is 0 Å². The number of ether oxygens (including phenoxy) is 6. The predicted molar refractivity (Wildman–Crippen MR) is 184 cm³/mol. The molecule has 10 nitrogen and oxygen atoms in total. The van der Waals surface area contributed by atoms with Crippen LogP contribution in [-0.2, 0) is 61.6 Å². The Bertz CT molecular complexity index is 1570. The molecule has 50 heavy (non-hydrogen) atoms. The van der Waals surface area contributed by atoms with E-state index >= 15 is 0 Å². The van der Waals surface area contributed by atoms with Crippen LogP contribution in [0.25, 0.3) is 0 Å². The maximum absolute atomic E-state index is 10.5. The predicted octanol–water partition coefficient (Wildman–Crippen LogP) is 3.91. The van der Waals surface area contributed by atoms with Crippen LogP contribution in [0, 0.1) is 0 Å². The Labute approximate surface area is 291 Å². The second-order valence-electron chi connectivity index (χ2n) is 12.9. The lowest BCUT2D eigenvalue weighted by atomic mass is 9.88. The van der Waals surface area contributed by atoms with E-state index in [9.17, 15) is 20.4 Å². The van der Waals surface area contributed by atoms with Gasteiger partial charge in [0.1, 0.15) is 49.4 Å². The molecule has 4 aromatic rings. The van der Waals surface area contributed by atoms with Crippen molar-refractivity contribution in [1.82, 2.24) is 0 Å². The number of hydrogen-bond donors (Lipinski definition) is 4. The first-order valence-corrected chi connectivity index (χ1v) is 17.3. The van der Waals surface area contributed by atoms with Crippen molar-refractivity contribution in [2.75, 3.05) is 52.9 Å². The van der Waals surface area contributed by atoms with Gasteiger partial charge in [-0.1, -0.05) is 0 Å². The third-order valence-corrected chi connectivity index (χ3v) is 9.36. The average Bonchev–Trinajstić information content (AvgIpc) is 3.11. The van der Waals surface area contributed by atoms with E-state index in [0.29, 0.717) is 102 Å². The van der Waals surface area contributed by atoms with E-state index < -0.39 is 0 Å². The highest BCUT2D eigenvalue weighted by atomic mass is 16.6. The Balaban J connectivity index is 1.55. The Morgan fingerprint density at radius 1 is 0.320 bits per heavy atom. The van der Waals surface area contributed by atoms with Crippen molar-refractivity contribution in [3.63, 3.8) is 0 Å². The zero-order valence-corrected chi connectivity index (χ0v) is 28.2. The van der Waals surface area contributed by atoms with Crippen LogP contribution in [0.15, 0.2) is 48.5 Å². The second kappa shape index (κ2) is 15.8. The smallest absolute Gasteiger partial charge is 0.126 e. The van der Waals surface area contributed by atoms with E-state index in [-0.39, 0.29) is 26.4 Å². The summed E-state index contributed by atoms with van der Waals surface area (Å²) in [6.45, 7) is 2.08. The van der Waals surface area contributed by atoms with Crippen molar-refractivity contribution in [3.05, 3.63) is 115 Å². The molecule has 12 bridgehead atoms. The molecule has 0 saturated carbocycles. The molecule has 10 heteroatoms. The summed E-state index contributed by atoms with van der Waals surface area (Å²) in [6.07, 6.45) is 1.62. The van der Waals surface area contributed by atoms with Gasteiger partial charge in [-0.25, -0.2) is 0 Å². The second-order valence-corrected chi connectivity index (χ2v) is 12.9. The summed E-state index contributed by atoms with van der Waals surface area (Å²) >= 11 is 0. The molecule has 264 valence electrons. The van der Waals surface area contributed by atoms with Gasteiger partial charge in [0.15, 0.2) is 0 Å². The first-order chi connectivity index (χ1) is 24.6. The summed E-state index contributed by atoms with van der Waals surface area (Å²) in [6, 6.07) is 15.7. The third kappa shape index (κ3) is 7.46. The van der Waals surface area contributed by atoms with Crippen LogP contribution in [0.2, 0.25) is 0 Å². The summed E-state index contributed by atoms with van der Waals surface area (Å²) in [5.41, 5.74) is 9.81. The van der Waals surface area contributed by atoms with Gasteiger partial charge in [0.05, 0.1) is 52.9 Å². The molecule has 0 saturated heterocycles. The number of benzene rings is 4. The molecule has 0 unspecified atom stereocenters. The zero-order valence-electron chi connectivity index (χ0n) is 28.2. The van der Waals surface area contributed by atoms with Crippen molar-refractivity contribution in [1.29, 1.82) is 0 Å². The molecule has 2 heterocycles. The first-order valence-electron chi connectivity index (χ1n) is 17.3. The van der Waals surface area contributed by atoms with Gasteiger partial charge < -0.3 is 48.8 Å². The summed E-state index contributed by atoms with van der Waals surface area (Å²) in [5.74, 6) is 2.75. The van der Waals surface area contributed by atoms with Crippen molar-refractivity contribution < 1.29 is 48.8 Å². The fourth-order valence-corrected chi connectivity index (χ4v) is 7.30. The van der Waals surface area contributed by atoms with Crippen LogP contribution in [0.1, 0.15) is 66.8 Å². The number of aliphatic hydroxyl groups excluding tert-OH is 4. The molecule has 4 aromatic carbocycles. The molecule has 1 aliphatic carbocycles. The molecule has 7 rings (SSSR count). The Hall–Kier alpha value is -4.16. The number of aliphatic hydroxyl groups is 4. The van der Waals surface area contributed by atoms with Gasteiger partial charge in [-0.05, 0) is 115 Å². The van der Waals surface area contributed by atoms with Crippen LogP contribution < -0.4 is 18.9 Å². The average molecular weight is 685 g/mol. The zero-order chi connectivity index (χ0) is 34.5. The SMILES string of the molecule is OCc1cc2c3c(c1)Cc1cc(CO)cc4c1OCCOCCOc1c(cc(CO)cc1Cc1cc(CO)cc(c1OCCOCCO3)C2)C4. The first kappa shape index (κ1) is 34.3. The van der Waals surface area contributed by atoms with Gasteiger partial charge in [0.25, 0.3) is 0 Å². The normalized spacial score (nSPS) is 16.2. The highest BCUT2D eigenvalue weighted by Crippen LogP contribution is 2.41. The van der Waals surface area contributed by atoms with Crippen molar-refractivity contribution in [2.45, 2.75) is 52.1 Å². The van der Waals surface area contributed by atoms with E-state index in [1.807, 2.05) is 48.5 Å². The largest absolute Gasteiger partial charge is 0.491 e. The molecular weight excluding hydrogens is 640 g/mol. The molecule has 2 aliphatic heterocycles. The van der Waals surface area contributed by atoms with Gasteiger partial charge in [-0.15, -0.1) is 0 Å². The van der Waals surface area contributed by atoms with Gasteiger partial charge in [-0.2, -0.15) is 0 Å². The fourth-order valence-electron chi connectivity index (χ4n) is 7.30. The lowest BCUT2D eigenvalue weighted by Gasteiger charge is -2.25. The fraction of sp³-hybridized carbons (Fsp3) is 0.400. The number of rotatable bonds is 4. The highest BCUT2D eigenvalue weighted by Gasteiger charge is 2.25. The molecule has 0 radical (unpaired) electrons. The minimum atomic E-state index is -0.165. The van der Waals surface area contributed by atoms with Gasteiger partial charge >= 0.3 is 0 Å². The van der Waals surface area contributed by atoms with E-state index in [1.165, 1.54) is 0 Å². The lowest BCUT2D eigenvalue weighted by molar-refractivity contribution is 0.0744. The van der Waals surface area contributed by atoms with E-state index in [0.717, 1.165) is 66.8 Å². The molecule has 0 fully saturated rings. The van der Waals surface area contributed by atoms with Gasteiger partial charge in [-0.3, -0.25) is 0 Å².